The van der Waals surface area contributed by atoms with Crippen LogP contribution >= 0.6 is 11.8 Å². The van der Waals surface area contributed by atoms with Gasteiger partial charge in [0, 0.05) is 18.1 Å². The summed E-state index contributed by atoms with van der Waals surface area (Å²) in [6.07, 6.45) is 0.544. The Kier molecular flexibility index (Phi) is 5.65. The number of rotatable bonds is 6. The Balaban J connectivity index is 1.54. The third-order valence-corrected chi connectivity index (χ3v) is 6.99. The Hall–Kier alpha value is -3.02. The number of hydrogen-bond donors (Lipinski definition) is 2. The molecule has 4 rings (SSSR count). The van der Waals surface area contributed by atoms with Gasteiger partial charge in [-0.25, -0.2) is 18.5 Å². The number of nitrogens with zero attached hydrogens (tertiary/aromatic N) is 4. The molecular formula is C20H20N6O3S2. The fraction of sp³-hybridized carbons (Fsp3) is 0.200. The van der Waals surface area contributed by atoms with Gasteiger partial charge in [-0.05, 0) is 36.8 Å². The quantitative estimate of drug-likeness (QED) is 0.426. The van der Waals surface area contributed by atoms with Crippen LogP contribution in [0.3, 0.4) is 0 Å². The van der Waals surface area contributed by atoms with Gasteiger partial charge in [-0.3, -0.25) is 4.79 Å². The Morgan fingerprint density at radius 1 is 1.16 bits per heavy atom. The first kappa shape index (κ1) is 21.2. The van der Waals surface area contributed by atoms with Crippen LogP contribution in [0.4, 0.5) is 5.69 Å². The molecule has 31 heavy (non-hydrogen) atoms. The van der Waals surface area contributed by atoms with Crippen LogP contribution in [0.25, 0.3) is 22.1 Å². The van der Waals surface area contributed by atoms with E-state index in [4.69, 9.17) is 5.14 Å². The third-order valence-electron chi connectivity index (χ3n) is 4.85. The van der Waals surface area contributed by atoms with E-state index in [0.29, 0.717) is 22.9 Å². The van der Waals surface area contributed by atoms with Gasteiger partial charge in [0.25, 0.3) is 0 Å². The number of carbonyl (C=O) groups is 1. The van der Waals surface area contributed by atoms with E-state index < -0.39 is 15.3 Å². The van der Waals surface area contributed by atoms with Crippen LogP contribution in [0.1, 0.15) is 13.3 Å². The lowest BCUT2D eigenvalue weighted by molar-refractivity contribution is -0.115. The number of carbonyl (C=O) groups excluding carboxylic acids is 1. The zero-order chi connectivity index (χ0) is 22.2. The molecule has 0 radical (unpaired) electrons. The Morgan fingerprint density at radius 3 is 2.55 bits per heavy atom. The maximum absolute atomic E-state index is 12.7. The van der Waals surface area contributed by atoms with E-state index in [-0.39, 0.29) is 10.8 Å². The fourth-order valence-corrected chi connectivity index (χ4v) is 4.57. The number of sulfonamides is 1. The van der Waals surface area contributed by atoms with Gasteiger partial charge in [-0.1, -0.05) is 36.9 Å². The number of aromatic nitrogens is 4. The van der Waals surface area contributed by atoms with Crippen molar-refractivity contribution in [2.75, 3.05) is 5.32 Å². The summed E-state index contributed by atoms with van der Waals surface area (Å²) in [6.45, 7) is 1.89. The molecule has 3 N–H and O–H groups in total. The molecular weight excluding hydrogens is 436 g/mol. The van der Waals surface area contributed by atoms with Crippen molar-refractivity contribution >= 4 is 55.4 Å². The molecule has 0 saturated heterocycles. The Labute approximate surface area is 183 Å². The van der Waals surface area contributed by atoms with Gasteiger partial charge >= 0.3 is 0 Å². The number of para-hydroxylation sites is 1. The van der Waals surface area contributed by atoms with E-state index in [9.17, 15) is 13.2 Å². The van der Waals surface area contributed by atoms with Crippen LogP contribution in [-0.2, 0) is 21.9 Å². The van der Waals surface area contributed by atoms with E-state index in [2.05, 4.69) is 20.5 Å². The number of nitrogens with one attached hydrogen (secondary N) is 1. The molecule has 1 amide bonds. The van der Waals surface area contributed by atoms with Crippen LogP contribution in [0.15, 0.2) is 58.6 Å². The highest BCUT2D eigenvalue weighted by atomic mass is 32.2. The molecule has 4 aromatic rings. The van der Waals surface area contributed by atoms with Crippen molar-refractivity contribution in [3.05, 3.63) is 48.5 Å². The minimum atomic E-state index is -3.78. The lowest BCUT2D eigenvalue weighted by atomic mass is 10.2. The van der Waals surface area contributed by atoms with E-state index in [1.54, 1.807) is 0 Å². The van der Waals surface area contributed by atoms with Gasteiger partial charge in [-0.2, -0.15) is 0 Å². The molecule has 1 unspecified atom stereocenters. The maximum Gasteiger partial charge on any atom is 0.238 e. The SMILES string of the molecule is CCC(Sc1nnc2c3ccccc3n(C)c2n1)C(=O)Nc1ccc(S(N)(=O)=O)cc1. The zero-order valence-corrected chi connectivity index (χ0v) is 18.4. The summed E-state index contributed by atoms with van der Waals surface area (Å²) in [7, 11) is -1.86. The number of anilines is 1. The topological polar surface area (TPSA) is 133 Å². The monoisotopic (exact) mass is 456 g/mol. The van der Waals surface area contributed by atoms with Crippen molar-refractivity contribution in [1.82, 2.24) is 19.7 Å². The van der Waals surface area contributed by atoms with Gasteiger partial charge in [0.05, 0.1) is 15.7 Å². The number of thioether (sulfide) groups is 1. The second-order valence-corrected chi connectivity index (χ2v) is 9.65. The predicted octanol–water partition coefficient (Wildman–Crippen LogP) is 2.67. The summed E-state index contributed by atoms with van der Waals surface area (Å²) in [5.74, 6) is -0.239. The molecule has 2 aromatic heterocycles. The molecule has 0 aliphatic heterocycles. The predicted molar refractivity (Wildman–Crippen MR) is 120 cm³/mol. The summed E-state index contributed by atoms with van der Waals surface area (Å²) >= 11 is 1.23. The molecule has 2 heterocycles. The van der Waals surface area contributed by atoms with Crippen LogP contribution in [0, 0.1) is 0 Å². The van der Waals surface area contributed by atoms with Crippen molar-refractivity contribution in [3.63, 3.8) is 0 Å². The smallest absolute Gasteiger partial charge is 0.238 e. The van der Waals surface area contributed by atoms with Gasteiger partial charge in [0.2, 0.25) is 21.1 Å². The number of benzene rings is 2. The van der Waals surface area contributed by atoms with Crippen LogP contribution in [-0.4, -0.2) is 39.3 Å². The van der Waals surface area contributed by atoms with Gasteiger partial charge in [0.1, 0.15) is 5.52 Å². The van der Waals surface area contributed by atoms with E-state index in [0.717, 1.165) is 16.4 Å². The zero-order valence-electron chi connectivity index (χ0n) is 16.8. The number of aryl methyl sites for hydroxylation is 1. The standard InChI is InChI=1S/C20H20N6O3S2/c1-3-16(19(27)22-12-8-10-13(11-9-12)31(21,28)29)30-20-23-18-17(24-25-20)14-6-4-5-7-15(14)26(18)2/h4-11,16H,3H2,1-2H3,(H,22,27)(H2,21,28,29). The second-order valence-electron chi connectivity index (χ2n) is 6.92. The van der Waals surface area contributed by atoms with Gasteiger partial charge in [0.15, 0.2) is 5.65 Å². The number of fused-ring (bicyclic) bond motifs is 3. The van der Waals surface area contributed by atoms with Crippen molar-refractivity contribution in [2.24, 2.45) is 12.2 Å². The summed E-state index contributed by atoms with van der Waals surface area (Å²) in [5, 5.41) is 17.4. The lowest BCUT2D eigenvalue weighted by Crippen LogP contribution is -2.25. The molecule has 0 bridgehead atoms. The third kappa shape index (κ3) is 4.24. The molecule has 0 saturated carbocycles. The van der Waals surface area contributed by atoms with E-state index >= 15 is 0 Å². The minimum absolute atomic E-state index is 0.0188. The first-order valence-electron chi connectivity index (χ1n) is 9.46. The average molecular weight is 457 g/mol. The molecule has 0 aliphatic carbocycles. The second kappa shape index (κ2) is 8.25. The maximum atomic E-state index is 12.7. The largest absolute Gasteiger partial charge is 0.327 e. The van der Waals surface area contributed by atoms with E-state index in [1.807, 2.05) is 42.8 Å². The number of hydrogen-bond acceptors (Lipinski definition) is 7. The molecule has 0 spiro atoms. The minimum Gasteiger partial charge on any atom is -0.327 e. The molecule has 1 atom stereocenters. The normalized spacial score (nSPS) is 12.9. The van der Waals surface area contributed by atoms with Crippen molar-refractivity contribution in [2.45, 2.75) is 28.6 Å². The first-order valence-corrected chi connectivity index (χ1v) is 11.9. The highest BCUT2D eigenvalue weighted by molar-refractivity contribution is 8.00. The van der Waals surface area contributed by atoms with Crippen molar-refractivity contribution in [1.29, 1.82) is 0 Å². The van der Waals surface area contributed by atoms with Gasteiger partial charge < -0.3 is 9.88 Å². The molecule has 0 fully saturated rings. The molecule has 160 valence electrons. The summed E-state index contributed by atoms with van der Waals surface area (Å²) in [5.41, 5.74) is 2.90. The highest BCUT2D eigenvalue weighted by Gasteiger charge is 2.21. The summed E-state index contributed by atoms with van der Waals surface area (Å²) < 4.78 is 24.7. The average Bonchev–Trinajstić information content (AvgIpc) is 3.03. The number of nitrogens with two attached hydrogens (primary N) is 1. The molecule has 11 heteroatoms. The first-order chi connectivity index (χ1) is 14.8. The molecule has 2 aromatic carbocycles. The molecule has 9 nitrogen and oxygen atoms in total. The van der Waals surface area contributed by atoms with Crippen molar-refractivity contribution < 1.29 is 13.2 Å². The Bertz CT molecular complexity index is 1380. The lowest BCUT2D eigenvalue weighted by Gasteiger charge is -2.14. The summed E-state index contributed by atoms with van der Waals surface area (Å²) in [4.78, 5) is 17.3. The van der Waals surface area contributed by atoms with E-state index in [1.165, 1.54) is 36.0 Å². The van der Waals surface area contributed by atoms with Crippen LogP contribution in [0.5, 0.6) is 0 Å². The fourth-order valence-electron chi connectivity index (χ4n) is 3.24. The number of amides is 1. The van der Waals surface area contributed by atoms with Crippen LogP contribution < -0.4 is 10.5 Å². The Morgan fingerprint density at radius 2 is 1.87 bits per heavy atom. The molecule has 0 aliphatic rings. The van der Waals surface area contributed by atoms with Gasteiger partial charge in [-0.15, -0.1) is 10.2 Å². The number of primary sulfonamides is 1. The van der Waals surface area contributed by atoms with Crippen LogP contribution in [0.2, 0.25) is 0 Å². The van der Waals surface area contributed by atoms with Crippen molar-refractivity contribution in [3.8, 4) is 0 Å². The summed E-state index contributed by atoms with van der Waals surface area (Å²) in [6, 6.07) is 13.6. The highest BCUT2D eigenvalue weighted by Crippen LogP contribution is 2.28.